The molecule has 1 aromatic heterocycles. The van der Waals surface area contributed by atoms with Crippen LogP contribution in [-0.2, 0) is 0 Å². The van der Waals surface area contributed by atoms with E-state index in [2.05, 4.69) is 0 Å². The van der Waals surface area contributed by atoms with Gasteiger partial charge in [-0.05, 0) is 26.0 Å². The van der Waals surface area contributed by atoms with Gasteiger partial charge in [0.25, 0.3) is 0 Å². The maximum Gasteiger partial charge on any atom is 0.341 e. The Morgan fingerprint density at radius 3 is 2.23 bits per heavy atom. The Morgan fingerprint density at radius 1 is 1.04 bits per heavy atom. The van der Waals surface area contributed by atoms with Crippen LogP contribution in [0.15, 0.2) is 53.5 Å². The monoisotopic (exact) mass is 353 g/mol. The van der Waals surface area contributed by atoms with Crippen LogP contribution in [0, 0.1) is 0 Å². The topological polar surface area (TPSA) is 77.8 Å². The van der Waals surface area contributed by atoms with Crippen LogP contribution in [0.1, 0.15) is 24.2 Å². The third-order valence-electron chi connectivity index (χ3n) is 3.91. The van der Waals surface area contributed by atoms with Gasteiger partial charge < -0.3 is 19.1 Å². The van der Waals surface area contributed by atoms with Crippen LogP contribution in [-0.4, -0.2) is 28.9 Å². The summed E-state index contributed by atoms with van der Waals surface area (Å²) in [6.07, 6.45) is 1.34. The number of para-hydroxylation sites is 1. The fourth-order valence-electron chi connectivity index (χ4n) is 2.84. The molecule has 0 aliphatic rings. The van der Waals surface area contributed by atoms with E-state index >= 15 is 0 Å². The molecule has 3 rings (SSSR count). The SMILES string of the molecule is CCOc1cc(OCC)cc(-n2cc(C(=O)O)c(=O)c3ccccc32)c1. The van der Waals surface area contributed by atoms with Gasteiger partial charge in [0.1, 0.15) is 17.1 Å². The Labute approximate surface area is 150 Å². The highest BCUT2D eigenvalue weighted by Crippen LogP contribution is 2.27. The number of ether oxygens (including phenoxy) is 2. The molecular formula is C20H19NO5. The van der Waals surface area contributed by atoms with Crippen LogP contribution in [0.5, 0.6) is 11.5 Å². The Hall–Kier alpha value is -3.28. The van der Waals surface area contributed by atoms with Gasteiger partial charge in [-0.2, -0.15) is 0 Å². The fraction of sp³-hybridized carbons (Fsp3) is 0.200. The molecule has 0 bridgehead atoms. The summed E-state index contributed by atoms with van der Waals surface area (Å²) >= 11 is 0. The van der Waals surface area contributed by atoms with Gasteiger partial charge in [-0.1, -0.05) is 12.1 Å². The number of aromatic nitrogens is 1. The van der Waals surface area contributed by atoms with Gasteiger partial charge in [0.05, 0.1) is 24.4 Å². The zero-order valence-corrected chi connectivity index (χ0v) is 14.6. The first-order valence-corrected chi connectivity index (χ1v) is 8.34. The minimum Gasteiger partial charge on any atom is -0.494 e. The van der Waals surface area contributed by atoms with E-state index in [0.29, 0.717) is 41.3 Å². The van der Waals surface area contributed by atoms with Crippen molar-refractivity contribution >= 4 is 16.9 Å². The molecule has 2 aromatic carbocycles. The molecule has 6 nitrogen and oxygen atoms in total. The summed E-state index contributed by atoms with van der Waals surface area (Å²) in [6.45, 7) is 4.73. The van der Waals surface area contributed by atoms with E-state index in [4.69, 9.17) is 9.47 Å². The van der Waals surface area contributed by atoms with Gasteiger partial charge in [-0.25, -0.2) is 4.79 Å². The summed E-state index contributed by atoms with van der Waals surface area (Å²) in [4.78, 5) is 24.0. The number of fused-ring (bicyclic) bond motifs is 1. The first-order chi connectivity index (χ1) is 12.5. The van der Waals surface area contributed by atoms with Crippen molar-refractivity contribution in [2.24, 2.45) is 0 Å². The van der Waals surface area contributed by atoms with Gasteiger partial charge in [0, 0.05) is 29.8 Å². The smallest absolute Gasteiger partial charge is 0.341 e. The van der Waals surface area contributed by atoms with Crippen LogP contribution >= 0.6 is 0 Å². The molecule has 1 heterocycles. The van der Waals surface area contributed by atoms with E-state index in [0.717, 1.165) is 0 Å². The number of carbonyl (C=O) groups is 1. The van der Waals surface area contributed by atoms with Crippen molar-refractivity contribution < 1.29 is 19.4 Å². The second-order valence-electron chi connectivity index (χ2n) is 5.59. The average Bonchev–Trinajstić information content (AvgIpc) is 2.62. The summed E-state index contributed by atoms with van der Waals surface area (Å²) < 4.78 is 12.9. The number of benzene rings is 2. The average molecular weight is 353 g/mol. The number of hydrogen-bond donors (Lipinski definition) is 1. The lowest BCUT2D eigenvalue weighted by Crippen LogP contribution is -2.18. The number of aromatic carboxylic acids is 1. The largest absolute Gasteiger partial charge is 0.494 e. The predicted octanol–water partition coefficient (Wildman–Crippen LogP) is 3.49. The Bertz CT molecular complexity index is 998. The van der Waals surface area contributed by atoms with E-state index in [1.165, 1.54) is 6.20 Å². The van der Waals surface area contributed by atoms with Gasteiger partial charge >= 0.3 is 5.97 Å². The summed E-state index contributed by atoms with van der Waals surface area (Å²) in [5.74, 6) is -0.0540. The lowest BCUT2D eigenvalue weighted by atomic mass is 10.1. The molecule has 0 radical (unpaired) electrons. The molecule has 0 amide bonds. The molecule has 0 saturated carbocycles. The number of nitrogens with zero attached hydrogens (tertiary/aromatic N) is 1. The van der Waals surface area contributed by atoms with Crippen LogP contribution in [0.2, 0.25) is 0 Å². The van der Waals surface area contributed by atoms with Crippen molar-refractivity contribution in [3.05, 3.63) is 64.4 Å². The molecule has 134 valence electrons. The van der Waals surface area contributed by atoms with Crippen molar-refractivity contribution in [3.8, 4) is 17.2 Å². The number of rotatable bonds is 6. The maximum atomic E-state index is 12.4. The van der Waals surface area contributed by atoms with E-state index < -0.39 is 11.4 Å². The molecule has 3 aromatic rings. The molecule has 0 atom stereocenters. The zero-order valence-electron chi connectivity index (χ0n) is 14.6. The summed E-state index contributed by atoms with van der Waals surface area (Å²) in [7, 11) is 0. The molecule has 0 fully saturated rings. The third kappa shape index (κ3) is 3.26. The lowest BCUT2D eigenvalue weighted by Gasteiger charge is -2.15. The zero-order chi connectivity index (χ0) is 18.7. The van der Waals surface area contributed by atoms with E-state index in [1.54, 1.807) is 47.0 Å². The Morgan fingerprint density at radius 2 is 1.65 bits per heavy atom. The molecule has 6 heteroatoms. The molecular weight excluding hydrogens is 334 g/mol. The first-order valence-electron chi connectivity index (χ1n) is 8.34. The number of hydrogen-bond acceptors (Lipinski definition) is 4. The van der Waals surface area contributed by atoms with Gasteiger partial charge in [0.15, 0.2) is 0 Å². The molecule has 0 saturated heterocycles. The normalized spacial score (nSPS) is 10.7. The van der Waals surface area contributed by atoms with Crippen molar-refractivity contribution in [1.29, 1.82) is 0 Å². The van der Waals surface area contributed by atoms with Crippen molar-refractivity contribution in [3.63, 3.8) is 0 Å². The molecule has 26 heavy (non-hydrogen) atoms. The summed E-state index contributed by atoms with van der Waals surface area (Å²) in [5, 5.41) is 9.75. The van der Waals surface area contributed by atoms with E-state index in [-0.39, 0.29) is 5.56 Å². The predicted molar refractivity (Wildman–Crippen MR) is 98.8 cm³/mol. The number of carboxylic acids is 1. The maximum absolute atomic E-state index is 12.4. The second-order valence-corrected chi connectivity index (χ2v) is 5.59. The Balaban J connectivity index is 2.32. The van der Waals surface area contributed by atoms with Crippen LogP contribution in [0.3, 0.4) is 0 Å². The fourth-order valence-corrected chi connectivity index (χ4v) is 2.84. The highest BCUT2D eigenvalue weighted by atomic mass is 16.5. The van der Waals surface area contributed by atoms with Crippen molar-refractivity contribution in [2.75, 3.05) is 13.2 Å². The molecule has 0 unspecified atom stereocenters. The van der Waals surface area contributed by atoms with Crippen LogP contribution in [0.4, 0.5) is 0 Å². The van der Waals surface area contributed by atoms with Crippen molar-refractivity contribution in [1.82, 2.24) is 4.57 Å². The summed E-state index contributed by atoms with van der Waals surface area (Å²) in [6, 6.07) is 12.3. The van der Waals surface area contributed by atoms with Gasteiger partial charge in [-0.3, -0.25) is 4.79 Å². The van der Waals surface area contributed by atoms with Gasteiger partial charge in [-0.15, -0.1) is 0 Å². The molecule has 1 N–H and O–H groups in total. The first kappa shape index (κ1) is 17.5. The van der Waals surface area contributed by atoms with Crippen LogP contribution in [0.25, 0.3) is 16.6 Å². The number of carboxylic acid groups (broad SMARTS) is 1. The quantitative estimate of drug-likeness (QED) is 0.734. The Kier molecular flexibility index (Phi) is 4.93. The minimum absolute atomic E-state index is 0.288. The van der Waals surface area contributed by atoms with E-state index in [9.17, 15) is 14.7 Å². The standard InChI is InChI=1S/C20H19NO5/c1-3-25-14-9-13(10-15(11-14)26-4-2)21-12-17(20(23)24)19(22)16-7-5-6-8-18(16)21/h5-12H,3-4H2,1-2H3,(H,23,24). The van der Waals surface area contributed by atoms with Crippen molar-refractivity contribution in [2.45, 2.75) is 13.8 Å². The highest BCUT2D eigenvalue weighted by molar-refractivity contribution is 5.93. The number of pyridine rings is 1. The van der Waals surface area contributed by atoms with Gasteiger partial charge in [0.2, 0.25) is 5.43 Å². The third-order valence-corrected chi connectivity index (χ3v) is 3.91. The van der Waals surface area contributed by atoms with E-state index in [1.807, 2.05) is 13.8 Å². The molecule has 0 aliphatic heterocycles. The minimum atomic E-state index is -1.26. The second kappa shape index (κ2) is 7.31. The van der Waals surface area contributed by atoms with Crippen LogP contribution < -0.4 is 14.9 Å². The highest BCUT2D eigenvalue weighted by Gasteiger charge is 2.16. The molecule has 0 aliphatic carbocycles. The summed E-state index contributed by atoms with van der Waals surface area (Å²) in [5.41, 5.74) is 0.468. The lowest BCUT2D eigenvalue weighted by molar-refractivity contribution is 0.0695. The molecule has 0 spiro atoms.